The van der Waals surface area contributed by atoms with Crippen molar-refractivity contribution in [1.82, 2.24) is 0 Å². The molecule has 0 heterocycles. The van der Waals surface area contributed by atoms with Gasteiger partial charge in [0, 0.05) is 0 Å². The minimum atomic E-state index is 0.210. The second-order valence-corrected chi connectivity index (χ2v) is 22.0. The van der Waals surface area contributed by atoms with Gasteiger partial charge in [0.25, 0.3) is 0 Å². The second kappa shape index (κ2) is 21.5. The summed E-state index contributed by atoms with van der Waals surface area (Å²) in [5.74, 6) is 0. The van der Waals surface area contributed by atoms with Crippen molar-refractivity contribution < 1.29 is 23.3 Å². The summed E-state index contributed by atoms with van der Waals surface area (Å²) in [4.78, 5) is 0. The molecule has 0 saturated heterocycles. The standard InChI is InChI=1S/2C16H13.C12H10.C4H6.C2H6Si.Zr/c2*1-12-10-14-8-5-9-15(16(14)11-12)13-6-3-2-4-7-13;1-3-7-11(8-4-1)12-9-5-2-6-10-12;1-3-4-2;1-3-2;/h2*2-11H,1H3;1-10H;3-4H,1-2H2;1-2H3;/q2*-1;;;;+2. The fourth-order valence-electron chi connectivity index (χ4n) is 5.77. The summed E-state index contributed by atoms with van der Waals surface area (Å²) in [6, 6.07) is 63.9. The average Bonchev–Trinajstić information content (AvgIpc) is 3.77. The van der Waals surface area contributed by atoms with E-state index >= 15 is 0 Å². The van der Waals surface area contributed by atoms with E-state index in [1.165, 1.54) is 66.1 Å². The molecule has 0 unspecified atom stereocenters. The molecule has 0 spiro atoms. The van der Waals surface area contributed by atoms with Crippen LogP contribution < -0.4 is 0 Å². The number of aryl methyl sites for hydroxylation is 2. The summed E-state index contributed by atoms with van der Waals surface area (Å²) in [6.07, 6.45) is 3.28. The van der Waals surface area contributed by atoms with Crippen molar-refractivity contribution in [3.8, 4) is 33.4 Å². The third-order valence-electron chi connectivity index (χ3n) is 8.01. The summed E-state index contributed by atoms with van der Waals surface area (Å²) in [5, 5.41) is 5.37. The van der Waals surface area contributed by atoms with Crippen LogP contribution in [-0.4, -0.2) is 5.43 Å². The number of allylic oxidation sites excluding steroid dienone is 2. The van der Waals surface area contributed by atoms with E-state index in [9.17, 15) is 0 Å². The molecule has 0 radical (unpaired) electrons. The van der Waals surface area contributed by atoms with Crippen LogP contribution in [-0.2, 0) is 23.3 Å². The van der Waals surface area contributed by atoms with Gasteiger partial charge in [0.05, 0.1) is 0 Å². The fourth-order valence-corrected chi connectivity index (χ4v) is 5.77. The van der Waals surface area contributed by atoms with Crippen molar-refractivity contribution in [1.29, 1.82) is 0 Å². The van der Waals surface area contributed by atoms with Crippen LogP contribution in [0.3, 0.4) is 0 Å². The Hall–Kier alpha value is -4.88. The summed E-state index contributed by atoms with van der Waals surface area (Å²) in [7, 11) is 0. The molecular weight excluding hydrogens is 720 g/mol. The van der Waals surface area contributed by atoms with Gasteiger partial charge < -0.3 is 0 Å². The molecule has 256 valence electrons. The van der Waals surface area contributed by atoms with Gasteiger partial charge in [-0.25, -0.2) is 0 Å². The summed E-state index contributed by atoms with van der Waals surface area (Å²) in [6.45, 7) is 15.6. The Morgan fingerprint density at radius 2 is 0.731 bits per heavy atom. The normalized spacial score (nSPS) is 9.81. The fraction of sp³-hybridized carbons (Fsp3) is 0.0800. The Labute approximate surface area is 326 Å². The molecule has 0 N–H and O–H groups in total. The van der Waals surface area contributed by atoms with Crippen molar-refractivity contribution in [2.75, 3.05) is 0 Å². The van der Waals surface area contributed by atoms with Gasteiger partial charge in [0.2, 0.25) is 0 Å². The number of benzene rings is 6. The third-order valence-corrected chi connectivity index (χ3v) is 8.01. The van der Waals surface area contributed by atoms with Gasteiger partial charge in [-0.1, -0.05) is 184 Å². The summed E-state index contributed by atoms with van der Waals surface area (Å²) < 4.78 is 0. The number of hydrogen-bond acceptors (Lipinski definition) is 0. The van der Waals surface area contributed by atoms with Gasteiger partial charge in [-0.3, -0.25) is 0 Å². The second-order valence-electron chi connectivity index (χ2n) is 12.6. The van der Waals surface area contributed by atoms with Crippen LogP contribution in [0.15, 0.2) is 207 Å². The quantitative estimate of drug-likeness (QED) is 0.0950. The van der Waals surface area contributed by atoms with Crippen LogP contribution in [0.4, 0.5) is 0 Å². The van der Waals surface area contributed by atoms with Crippen LogP contribution >= 0.6 is 0 Å². The molecule has 0 aliphatic rings. The maximum absolute atomic E-state index is 3.36. The predicted molar refractivity (Wildman–Crippen MR) is 229 cm³/mol. The van der Waals surface area contributed by atoms with E-state index in [1.807, 2.05) is 12.1 Å². The molecule has 0 fully saturated rings. The maximum Gasteiger partial charge on any atom is -0.0184 e. The minimum absolute atomic E-state index is 0.210. The molecule has 0 nitrogen and oxygen atoms in total. The van der Waals surface area contributed by atoms with E-state index in [1.54, 1.807) is 35.5 Å². The molecule has 0 atom stereocenters. The predicted octanol–water partition coefficient (Wildman–Crippen LogP) is 14.6. The Morgan fingerprint density at radius 1 is 0.442 bits per heavy atom. The van der Waals surface area contributed by atoms with Crippen molar-refractivity contribution in [2.24, 2.45) is 0 Å². The molecule has 0 bridgehead atoms. The van der Waals surface area contributed by atoms with Crippen molar-refractivity contribution in [3.05, 3.63) is 218 Å². The first-order valence-electron chi connectivity index (χ1n) is 17.6. The zero-order valence-electron chi connectivity index (χ0n) is 30.9. The molecule has 0 saturated carbocycles. The molecular formula is C50H48SiZr. The Bertz CT molecular complexity index is 2090. The van der Waals surface area contributed by atoms with Gasteiger partial charge in [0.1, 0.15) is 0 Å². The minimum Gasteiger partial charge on any atom is -0.165 e. The number of rotatable bonds is 4. The smallest absolute Gasteiger partial charge is 0.0184 e. The molecule has 8 rings (SSSR count). The number of fused-ring (bicyclic) bond motifs is 2. The van der Waals surface area contributed by atoms with Crippen LogP contribution in [0.5, 0.6) is 0 Å². The van der Waals surface area contributed by atoms with Gasteiger partial charge in [-0.2, -0.15) is 12.1 Å². The van der Waals surface area contributed by atoms with E-state index in [0.29, 0.717) is 0 Å². The first kappa shape index (κ1) is 39.9. The van der Waals surface area contributed by atoms with E-state index in [2.05, 4.69) is 210 Å². The van der Waals surface area contributed by atoms with Gasteiger partial charge in [0.15, 0.2) is 0 Å². The monoisotopic (exact) mass is 766 g/mol. The number of hydrogen-bond donors (Lipinski definition) is 0. The molecule has 0 aromatic heterocycles. The van der Waals surface area contributed by atoms with Crippen molar-refractivity contribution in [3.63, 3.8) is 0 Å². The van der Waals surface area contributed by atoms with E-state index in [0.717, 1.165) is 0 Å². The van der Waals surface area contributed by atoms with Crippen molar-refractivity contribution >= 4 is 27.0 Å². The topological polar surface area (TPSA) is 0 Å². The Kier molecular flexibility index (Phi) is 16.5. The Balaban J connectivity index is 0.000000159. The maximum atomic E-state index is 3.36. The molecule has 8 aromatic carbocycles. The summed E-state index contributed by atoms with van der Waals surface area (Å²) in [5.41, 5.74) is 10.7. The zero-order valence-corrected chi connectivity index (χ0v) is 34.3. The van der Waals surface area contributed by atoms with Gasteiger partial charge in [-0.15, -0.1) is 69.1 Å². The molecule has 0 amide bonds. The first-order chi connectivity index (χ1) is 25.3. The van der Waals surface area contributed by atoms with E-state index in [-0.39, 0.29) is 5.43 Å². The molecule has 8 aromatic rings. The molecule has 0 aliphatic heterocycles. The molecule has 2 heteroatoms. The van der Waals surface area contributed by atoms with E-state index in [4.69, 9.17) is 0 Å². The molecule has 0 aliphatic carbocycles. The zero-order chi connectivity index (χ0) is 37.1. The third kappa shape index (κ3) is 12.4. The van der Waals surface area contributed by atoms with Crippen LogP contribution in [0.25, 0.3) is 54.9 Å². The first-order valence-corrected chi connectivity index (χ1v) is 23.8. The van der Waals surface area contributed by atoms with Gasteiger partial charge in [-0.05, 0) is 22.3 Å². The Morgan fingerprint density at radius 3 is 1.02 bits per heavy atom. The van der Waals surface area contributed by atoms with Crippen LogP contribution in [0.1, 0.15) is 11.1 Å². The average molecular weight is 768 g/mol. The molecule has 52 heavy (non-hydrogen) atoms. The van der Waals surface area contributed by atoms with Crippen LogP contribution in [0, 0.1) is 13.8 Å². The summed E-state index contributed by atoms with van der Waals surface area (Å²) >= 11 is 1.74. The van der Waals surface area contributed by atoms with Gasteiger partial charge >= 0.3 is 41.9 Å². The SMILES string of the molecule is C=CC=C.C[Si](C)=[Zr+2].Cc1cc2c(-c3ccccc3)cccc2[cH-]1.Cc1cc2c(-c3ccccc3)cccc2[cH-]1.c1ccc(-c2ccccc2)cc1. The van der Waals surface area contributed by atoms with E-state index < -0.39 is 0 Å². The van der Waals surface area contributed by atoms with Crippen LogP contribution in [0.2, 0.25) is 13.1 Å². The van der Waals surface area contributed by atoms with Crippen molar-refractivity contribution in [2.45, 2.75) is 26.9 Å². The largest absolute Gasteiger partial charge is 0.165 e.